The molecule has 0 aromatic carbocycles. The third kappa shape index (κ3) is 1.90. The van der Waals surface area contributed by atoms with Gasteiger partial charge >= 0.3 is 0 Å². The topological polar surface area (TPSA) is 26.2 Å². The van der Waals surface area contributed by atoms with Crippen molar-refractivity contribution >= 4 is 0 Å². The predicted molar refractivity (Wildman–Crippen MR) is 65.2 cm³/mol. The highest BCUT2D eigenvalue weighted by atomic mass is 16.5. The lowest BCUT2D eigenvalue weighted by Gasteiger charge is -2.16. The molecule has 4 heteroatoms. The summed E-state index contributed by atoms with van der Waals surface area (Å²) in [6, 6.07) is 4.12. The van der Waals surface area contributed by atoms with Gasteiger partial charge in [-0.15, -0.1) is 0 Å². The van der Waals surface area contributed by atoms with Gasteiger partial charge in [0.1, 0.15) is 27.3 Å². The van der Waals surface area contributed by atoms with Gasteiger partial charge in [-0.3, -0.25) is 0 Å². The van der Waals surface area contributed by atoms with Crippen LogP contribution < -0.4 is 18.6 Å². The number of fused-ring (bicyclic) bond motifs is 3. The largest absolute Gasteiger partial charge is 0.483 e. The minimum Gasteiger partial charge on any atom is -0.483 e. The summed E-state index contributed by atoms with van der Waals surface area (Å²) >= 11 is 0. The molecular formula is C14H16N2O2+2. The Hall–Kier alpha value is -2.10. The number of nitrogens with zero attached hydrogens (tertiary/aromatic N) is 2. The number of hydrogen-bond acceptors (Lipinski definition) is 2. The summed E-state index contributed by atoms with van der Waals surface area (Å²) in [7, 11) is 3.98. The first kappa shape index (κ1) is 11.0. The zero-order valence-corrected chi connectivity index (χ0v) is 10.6. The average Bonchev–Trinajstić information content (AvgIpc) is 2.33. The van der Waals surface area contributed by atoms with Gasteiger partial charge in [0.15, 0.2) is 23.9 Å². The molecule has 2 aromatic rings. The number of aryl methyl sites for hydroxylation is 2. The quantitative estimate of drug-likeness (QED) is 0.640. The fourth-order valence-corrected chi connectivity index (χ4v) is 2.12. The number of pyridine rings is 2. The summed E-state index contributed by atoms with van der Waals surface area (Å²) in [6.07, 6.45) is 8.02. The first-order chi connectivity index (χ1) is 8.74. The van der Waals surface area contributed by atoms with Gasteiger partial charge in [-0.1, -0.05) is 0 Å². The number of hydrogen-bond donors (Lipinski definition) is 0. The molecule has 1 aliphatic heterocycles. The third-order valence-corrected chi connectivity index (χ3v) is 3.01. The zero-order chi connectivity index (χ0) is 12.5. The highest BCUT2D eigenvalue weighted by molar-refractivity contribution is 5.74. The van der Waals surface area contributed by atoms with E-state index in [1.807, 2.05) is 48.0 Å². The lowest BCUT2D eigenvalue weighted by atomic mass is 10.1. The minimum absolute atomic E-state index is 0.565. The molecule has 2 aromatic heterocycles. The lowest BCUT2D eigenvalue weighted by molar-refractivity contribution is -0.672. The molecule has 92 valence electrons. The second-order valence-electron chi connectivity index (χ2n) is 4.47. The Morgan fingerprint density at radius 2 is 1.28 bits per heavy atom. The summed E-state index contributed by atoms with van der Waals surface area (Å²) in [4.78, 5) is 0. The molecule has 3 heterocycles. The fraction of sp³-hybridized carbons (Fsp3) is 0.286. The van der Waals surface area contributed by atoms with Gasteiger partial charge in [0.2, 0.25) is 12.4 Å². The van der Waals surface area contributed by atoms with Crippen LogP contribution in [0.5, 0.6) is 11.5 Å². The lowest BCUT2D eigenvalue weighted by Crippen LogP contribution is -2.29. The summed E-state index contributed by atoms with van der Waals surface area (Å²) in [5.41, 5.74) is 2.15. The van der Waals surface area contributed by atoms with Crippen molar-refractivity contribution in [3.63, 3.8) is 0 Å². The van der Waals surface area contributed by atoms with E-state index in [4.69, 9.17) is 9.47 Å². The van der Waals surface area contributed by atoms with Gasteiger partial charge in [0.25, 0.3) is 0 Å². The van der Waals surface area contributed by atoms with Crippen LogP contribution in [0, 0.1) is 0 Å². The van der Waals surface area contributed by atoms with E-state index in [0.29, 0.717) is 13.2 Å². The molecule has 0 fully saturated rings. The van der Waals surface area contributed by atoms with E-state index in [9.17, 15) is 0 Å². The van der Waals surface area contributed by atoms with E-state index in [2.05, 4.69) is 12.1 Å². The first-order valence-electron chi connectivity index (χ1n) is 5.98. The Labute approximate surface area is 106 Å². The van der Waals surface area contributed by atoms with Crippen LogP contribution in [-0.2, 0) is 14.1 Å². The summed E-state index contributed by atoms with van der Waals surface area (Å²) in [5.74, 6) is 1.80. The van der Waals surface area contributed by atoms with E-state index >= 15 is 0 Å². The number of rotatable bonds is 0. The molecule has 0 radical (unpaired) electrons. The van der Waals surface area contributed by atoms with Crippen molar-refractivity contribution < 1.29 is 18.6 Å². The highest BCUT2D eigenvalue weighted by Crippen LogP contribution is 2.35. The Morgan fingerprint density at radius 3 is 1.72 bits per heavy atom. The van der Waals surface area contributed by atoms with Crippen molar-refractivity contribution in [3.8, 4) is 22.6 Å². The average molecular weight is 244 g/mol. The van der Waals surface area contributed by atoms with Crippen LogP contribution >= 0.6 is 0 Å². The van der Waals surface area contributed by atoms with Crippen LogP contribution in [0.4, 0.5) is 0 Å². The maximum atomic E-state index is 5.74. The van der Waals surface area contributed by atoms with Crippen LogP contribution in [-0.4, -0.2) is 13.2 Å². The first-order valence-corrected chi connectivity index (χ1v) is 5.98. The van der Waals surface area contributed by atoms with E-state index in [1.54, 1.807) is 0 Å². The number of ether oxygens (including phenoxy) is 2. The molecule has 1 aliphatic rings. The van der Waals surface area contributed by atoms with Crippen molar-refractivity contribution in [1.29, 1.82) is 0 Å². The predicted octanol–water partition coefficient (Wildman–Crippen LogP) is 0.774. The highest BCUT2D eigenvalue weighted by Gasteiger charge is 2.19. The Morgan fingerprint density at radius 1 is 0.833 bits per heavy atom. The monoisotopic (exact) mass is 244 g/mol. The smallest absolute Gasteiger partial charge is 0.211 e. The van der Waals surface area contributed by atoms with E-state index in [-0.39, 0.29) is 0 Å². The van der Waals surface area contributed by atoms with Gasteiger partial charge in [0, 0.05) is 23.3 Å². The molecule has 0 N–H and O–H groups in total. The van der Waals surface area contributed by atoms with Crippen molar-refractivity contribution in [2.75, 3.05) is 13.2 Å². The van der Waals surface area contributed by atoms with E-state index < -0.39 is 0 Å². The summed E-state index contributed by atoms with van der Waals surface area (Å²) < 4.78 is 15.5. The molecular weight excluding hydrogens is 228 g/mol. The van der Waals surface area contributed by atoms with Crippen LogP contribution in [0.1, 0.15) is 0 Å². The van der Waals surface area contributed by atoms with E-state index in [1.165, 1.54) is 0 Å². The third-order valence-electron chi connectivity index (χ3n) is 3.01. The van der Waals surface area contributed by atoms with Crippen molar-refractivity contribution in [1.82, 2.24) is 0 Å². The van der Waals surface area contributed by atoms with Gasteiger partial charge in [0.05, 0.1) is 0 Å². The normalized spacial score (nSPS) is 13.4. The maximum Gasteiger partial charge on any atom is 0.211 e. The second-order valence-corrected chi connectivity index (χ2v) is 4.47. The van der Waals surface area contributed by atoms with Crippen LogP contribution in [0.3, 0.4) is 0 Å². The van der Waals surface area contributed by atoms with E-state index in [0.717, 1.165) is 22.6 Å². The Balaban J connectivity index is 2.22. The summed E-state index contributed by atoms with van der Waals surface area (Å²) in [5, 5.41) is 0. The Kier molecular flexibility index (Phi) is 2.63. The summed E-state index contributed by atoms with van der Waals surface area (Å²) in [6.45, 7) is 1.13. The van der Waals surface area contributed by atoms with Crippen molar-refractivity contribution in [3.05, 3.63) is 36.9 Å². The SMILES string of the molecule is C[n+]1ccc2c(c1)OCCOc1c[n+](C)ccc1-2. The standard InChI is InChI=1S/C14H16N2O2/c1-15-5-3-11-12-4-6-16(2)10-14(12)18-8-7-17-13(11)9-15/h3-6,9-10H,7-8H2,1-2H3/q+2. The molecule has 4 nitrogen and oxygen atoms in total. The zero-order valence-electron chi connectivity index (χ0n) is 10.6. The van der Waals surface area contributed by atoms with Crippen LogP contribution in [0.25, 0.3) is 11.1 Å². The molecule has 0 atom stereocenters. The maximum absolute atomic E-state index is 5.74. The molecule has 0 amide bonds. The van der Waals surface area contributed by atoms with Crippen LogP contribution in [0.15, 0.2) is 36.9 Å². The molecule has 0 spiro atoms. The molecule has 0 aliphatic carbocycles. The van der Waals surface area contributed by atoms with Crippen molar-refractivity contribution in [2.24, 2.45) is 14.1 Å². The second kappa shape index (κ2) is 4.29. The van der Waals surface area contributed by atoms with Gasteiger partial charge < -0.3 is 9.47 Å². The minimum atomic E-state index is 0.565. The molecule has 0 unspecified atom stereocenters. The van der Waals surface area contributed by atoms with Gasteiger partial charge in [-0.25, -0.2) is 9.13 Å². The van der Waals surface area contributed by atoms with Crippen molar-refractivity contribution in [2.45, 2.75) is 0 Å². The Bertz CT molecular complexity index is 543. The molecule has 3 rings (SSSR count). The number of aromatic nitrogens is 2. The molecule has 18 heavy (non-hydrogen) atoms. The fourth-order valence-electron chi connectivity index (χ4n) is 2.12. The molecule has 0 saturated heterocycles. The van der Waals surface area contributed by atoms with Gasteiger partial charge in [-0.05, 0) is 0 Å². The van der Waals surface area contributed by atoms with Gasteiger partial charge in [-0.2, -0.15) is 0 Å². The van der Waals surface area contributed by atoms with Crippen LogP contribution in [0.2, 0.25) is 0 Å². The molecule has 0 bridgehead atoms. The molecule has 0 saturated carbocycles.